The van der Waals surface area contributed by atoms with Crippen LogP contribution in [0.4, 0.5) is 16.0 Å². The van der Waals surface area contributed by atoms with E-state index >= 15 is 0 Å². The van der Waals surface area contributed by atoms with Crippen LogP contribution in [-0.2, 0) is 0 Å². The maximum absolute atomic E-state index is 15.0. The fraction of sp³-hybridized carbons (Fsp3) is 0.444. The van der Waals surface area contributed by atoms with E-state index in [9.17, 15) is 4.39 Å². The SMILES string of the molecule is CCN1CCN(C(C)c2cnc(Nc3cc(-c4cc(F)c5nc(C)n(C(C)C)c5c4)ncn3)cn2)CC1. The summed E-state index contributed by atoms with van der Waals surface area (Å²) in [4.78, 5) is 27.3. The first kappa shape index (κ1) is 25.2. The minimum absolute atomic E-state index is 0.160. The van der Waals surface area contributed by atoms with E-state index in [-0.39, 0.29) is 17.9 Å². The van der Waals surface area contributed by atoms with E-state index in [1.54, 1.807) is 12.3 Å². The number of aryl methyl sites for hydroxylation is 1. The van der Waals surface area contributed by atoms with Gasteiger partial charge in [-0.05, 0) is 46.4 Å². The molecule has 0 saturated carbocycles. The Hall–Kier alpha value is -3.50. The Balaban J connectivity index is 1.33. The standard InChI is InChI=1S/C27H34FN9/c1-6-35-7-9-36(10-8-35)18(4)23-14-30-26(15-29-23)34-25-13-22(31-16-32-25)20-11-21(28)27-24(12-20)37(17(2)3)19(5)33-27/h11-18H,6-10H2,1-5H3,(H,30,31,32,34). The lowest BCUT2D eigenvalue weighted by Gasteiger charge is -2.37. The zero-order chi connectivity index (χ0) is 26.1. The normalized spacial score (nSPS) is 16.0. The number of imidazole rings is 1. The van der Waals surface area contributed by atoms with Crippen molar-refractivity contribution < 1.29 is 4.39 Å². The van der Waals surface area contributed by atoms with Crippen LogP contribution in [0.1, 0.15) is 51.3 Å². The highest BCUT2D eigenvalue weighted by Gasteiger charge is 2.22. The van der Waals surface area contributed by atoms with Crippen LogP contribution in [0, 0.1) is 12.7 Å². The summed E-state index contributed by atoms with van der Waals surface area (Å²) in [7, 11) is 0. The van der Waals surface area contributed by atoms with Gasteiger partial charge in [-0.25, -0.2) is 24.3 Å². The molecule has 9 nitrogen and oxygen atoms in total. The van der Waals surface area contributed by atoms with E-state index in [2.05, 4.69) is 67.7 Å². The number of likely N-dealkylation sites (N-methyl/N-ethyl adjacent to an activating group) is 1. The number of halogens is 1. The minimum Gasteiger partial charge on any atom is -0.326 e. The van der Waals surface area contributed by atoms with Gasteiger partial charge in [0.05, 0.1) is 35.3 Å². The quantitative estimate of drug-likeness (QED) is 0.386. The van der Waals surface area contributed by atoms with Gasteiger partial charge in [0, 0.05) is 43.9 Å². The third kappa shape index (κ3) is 5.17. The van der Waals surface area contributed by atoms with Gasteiger partial charge in [-0.2, -0.15) is 0 Å². The minimum atomic E-state index is -0.366. The fourth-order valence-electron chi connectivity index (χ4n) is 5.06. The van der Waals surface area contributed by atoms with Crippen LogP contribution in [0.2, 0.25) is 0 Å². The molecule has 10 heteroatoms. The van der Waals surface area contributed by atoms with E-state index in [1.807, 2.05) is 23.8 Å². The molecule has 1 N–H and O–H groups in total. The molecule has 1 aliphatic heterocycles. The first-order valence-electron chi connectivity index (χ1n) is 12.9. The third-order valence-electron chi connectivity index (χ3n) is 7.16. The molecule has 0 spiro atoms. The van der Waals surface area contributed by atoms with Crippen molar-refractivity contribution in [1.29, 1.82) is 0 Å². The molecule has 1 unspecified atom stereocenters. The van der Waals surface area contributed by atoms with Crippen molar-refractivity contribution in [1.82, 2.24) is 39.3 Å². The summed E-state index contributed by atoms with van der Waals surface area (Å²) in [5, 5.41) is 3.20. The molecule has 3 aromatic heterocycles. The molecule has 1 saturated heterocycles. The number of piperazine rings is 1. The van der Waals surface area contributed by atoms with Crippen LogP contribution >= 0.6 is 0 Å². The maximum atomic E-state index is 15.0. The van der Waals surface area contributed by atoms with E-state index in [0.29, 0.717) is 28.4 Å². The van der Waals surface area contributed by atoms with Crippen LogP contribution in [0.15, 0.2) is 36.9 Å². The second-order valence-corrected chi connectivity index (χ2v) is 9.83. The largest absolute Gasteiger partial charge is 0.326 e. The van der Waals surface area contributed by atoms with Crippen molar-refractivity contribution in [2.75, 3.05) is 38.0 Å². The monoisotopic (exact) mass is 503 g/mol. The molecule has 4 aromatic rings. The number of benzene rings is 1. The van der Waals surface area contributed by atoms with Gasteiger partial charge in [0.15, 0.2) is 5.82 Å². The van der Waals surface area contributed by atoms with E-state index in [1.165, 1.54) is 12.4 Å². The highest BCUT2D eigenvalue weighted by molar-refractivity contribution is 5.83. The second kappa shape index (κ2) is 10.5. The highest BCUT2D eigenvalue weighted by atomic mass is 19.1. The molecule has 1 aromatic carbocycles. The van der Waals surface area contributed by atoms with Gasteiger partial charge in [-0.3, -0.25) is 9.88 Å². The van der Waals surface area contributed by atoms with E-state index in [4.69, 9.17) is 0 Å². The van der Waals surface area contributed by atoms with Crippen LogP contribution in [-0.4, -0.2) is 72.0 Å². The number of nitrogens with zero attached hydrogens (tertiary/aromatic N) is 8. The lowest BCUT2D eigenvalue weighted by atomic mass is 10.1. The summed E-state index contributed by atoms with van der Waals surface area (Å²) >= 11 is 0. The summed E-state index contributed by atoms with van der Waals surface area (Å²) in [6.45, 7) is 15.7. The van der Waals surface area contributed by atoms with E-state index in [0.717, 1.165) is 49.8 Å². The highest BCUT2D eigenvalue weighted by Crippen LogP contribution is 2.29. The summed E-state index contributed by atoms with van der Waals surface area (Å²) < 4.78 is 17.0. The van der Waals surface area contributed by atoms with Crippen molar-refractivity contribution in [2.45, 2.75) is 46.7 Å². The molecule has 0 bridgehead atoms. The van der Waals surface area contributed by atoms with Gasteiger partial charge in [0.25, 0.3) is 0 Å². The molecule has 4 heterocycles. The molecule has 37 heavy (non-hydrogen) atoms. The third-order valence-corrected chi connectivity index (χ3v) is 7.16. The van der Waals surface area contributed by atoms with Crippen molar-refractivity contribution in [3.8, 4) is 11.3 Å². The molecule has 5 rings (SSSR count). The molecule has 1 atom stereocenters. The number of fused-ring (bicyclic) bond motifs is 1. The Morgan fingerprint density at radius 2 is 1.73 bits per heavy atom. The summed E-state index contributed by atoms with van der Waals surface area (Å²) in [5.74, 6) is 1.57. The summed E-state index contributed by atoms with van der Waals surface area (Å²) in [6.07, 6.45) is 5.01. The number of hydrogen-bond donors (Lipinski definition) is 1. The lowest BCUT2D eigenvalue weighted by molar-refractivity contribution is 0.104. The molecule has 0 aliphatic carbocycles. The van der Waals surface area contributed by atoms with Crippen molar-refractivity contribution >= 4 is 22.7 Å². The lowest BCUT2D eigenvalue weighted by Crippen LogP contribution is -2.47. The van der Waals surface area contributed by atoms with Gasteiger partial charge in [0.1, 0.15) is 29.3 Å². The molecule has 1 fully saturated rings. The van der Waals surface area contributed by atoms with Gasteiger partial charge in [-0.1, -0.05) is 6.92 Å². The smallest absolute Gasteiger partial charge is 0.151 e. The predicted molar refractivity (Wildman–Crippen MR) is 143 cm³/mol. The van der Waals surface area contributed by atoms with Crippen molar-refractivity contribution in [3.05, 3.63) is 54.3 Å². The number of rotatable bonds is 7. The fourth-order valence-corrected chi connectivity index (χ4v) is 5.06. The van der Waals surface area contributed by atoms with Crippen molar-refractivity contribution in [3.63, 3.8) is 0 Å². The van der Waals surface area contributed by atoms with Crippen molar-refractivity contribution in [2.24, 2.45) is 0 Å². The Morgan fingerprint density at radius 3 is 2.41 bits per heavy atom. The maximum Gasteiger partial charge on any atom is 0.151 e. The van der Waals surface area contributed by atoms with Gasteiger partial charge < -0.3 is 14.8 Å². The Labute approximate surface area is 216 Å². The molecule has 0 radical (unpaired) electrons. The molecule has 1 aliphatic rings. The Bertz CT molecular complexity index is 1370. The van der Waals surface area contributed by atoms with Crippen LogP contribution < -0.4 is 5.32 Å². The average molecular weight is 504 g/mol. The summed E-state index contributed by atoms with van der Waals surface area (Å²) in [5.41, 5.74) is 3.34. The zero-order valence-electron chi connectivity index (χ0n) is 22.1. The van der Waals surface area contributed by atoms with Gasteiger partial charge in [0.2, 0.25) is 0 Å². The van der Waals surface area contributed by atoms with E-state index < -0.39 is 0 Å². The molecular weight excluding hydrogens is 469 g/mol. The number of hydrogen-bond acceptors (Lipinski definition) is 8. The predicted octanol–water partition coefficient (Wildman–Crippen LogP) is 4.75. The average Bonchev–Trinajstić information content (AvgIpc) is 3.25. The van der Waals surface area contributed by atoms with Crippen LogP contribution in [0.25, 0.3) is 22.3 Å². The molecule has 0 amide bonds. The first-order chi connectivity index (χ1) is 17.8. The number of aromatic nitrogens is 6. The van der Waals surface area contributed by atoms with Gasteiger partial charge >= 0.3 is 0 Å². The van der Waals surface area contributed by atoms with Crippen LogP contribution in [0.3, 0.4) is 0 Å². The first-order valence-corrected chi connectivity index (χ1v) is 12.9. The number of nitrogens with one attached hydrogen (secondary N) is 1. The summed E-state index contributed by atoms with van der Waals surface area (Å²) in [6, 6.07) is 5.56. The second-order valence-electron chi connectivity index (χ2n) is 9.83. The molecule has 194 valence electrons. The topological polar surface area (TPSA) is 87.9 Å². The zero-order valence-corrected chi connectivity index (χ0v) is 22.1. The Morgan fingerprint density at radius 1 is 0.946 bits per heavy atom. The molecular formula is C27H34FN9. The van der Waals surface area contributed by atoms with Crippen LogP contribution in [0.5, 0.6) is 0 Å². The Kier molecular flexibility index (Phi) is 7.12. The number of anilines is 2. The van der Waals surface area contributed by atoms with Gasteiger partial charge in [-0.15, -0.1) is 0 Å².